The van der Waals surface area contributed by atoms with Crippen molar-refractivity contribution in [1.29, 1.82) is 0 Å². The van der Waals surface area contributed by atoms with Crippen LogP contribution in [-0.2, 0) is 14.2 Å². The summed E-state index contributed by atoms with van der Waals surface area (Å²) in [7, 11) is 0. The second kappa shape index (κ2) is 26.2. The molecule has 0 bridgehead atoms. The summed E-state index contributed by atoms with van der Waals surface area (Å²) in [5.74, 6) is 0.439. The van der Waals surface area contributed by atoms with Gasteiger partial charge in [0.1, 0.15) is 22.5 Å². The Hall–Kier alpha value is -6.44. The van der Waals surface area contributed by atoms with Gasteiger partial charge in [0, 0.05) is 57.9 Å². The van der Waals surface area contributed by atoms with Crippen LogP contribution < -0.4 is 36.8 Å². The first-order valence-electron chi connectivity index (χ1n) is 22.9. The molecule has 3 fully saturated rings. The number of carbonyl (C=O) groups is 3. The normalized spacial score (nSPS) is 17.7. The highest BCUT2D eigenvalue weighted by molar-refractivity contribution is 5.69. The Morgan fingerprint density at radius 1 is 0.632 bits per heavy atom. The number of benzene rings is 3. The summed E-state index contributed by atoms with van der Waals surface area (Å²) in [6.07, 6.45) is 1.97. The zero-order valence-corrected chi connectivity index (χ0v) is 41.0. The number of nitrogens with one attached hydrogen (secondary N) is 4. The number of carbonyl (C=O) groups excluding carboxylic acids is 3. The molecule has 0 radical (unpaired) electrons. The van der Waals surface area contributed by atoms with Crippen LogP contribution in [0, 0.1) is 43.8 Å². The number of anilines is 3. The van der Waals surface area contributed by atoms with Crippen LogP contribution >= 0.6 is 0 Å². The number of alkyl carbamates (subject to hydrolysis) is 3. The van der Waals surface area contributed by atoms with E-state index >= 15 is 0 Å². The van der Waals surface area contributed by atoms with Crippen LogP contribution in [0.5, 0.6) is 0 Å². The third-order valence-electron chi connectivity index (χ3n) is 10.3. The van der Waals surface area contributed by atoms with Gasteiger partial charge in [0.2, 0.25) is 5.82 Å². The molecule has 0 saturated carbocycles. The highest BCUT2D eigenvalue weighted by atomic mass is 19.1. The van der Waals surface area contributed by atoms with Gasteiger partial charge in [-0.15, -0.1) is 0 Å². The Labute approximate surface area is 399 Å². The highest BCUT2D eigenvalue weighted by Gasteiger charge is 2.29. The van der Waals surface area contributed by atoms with E-state index in [0.717, 1.165) is 75.5 Å². The first-order chi connectivity index (χ1) is 31.8. The van der Waals surface area contributed by atoms with Crippen LogP contribution in [0.15, 0.2) is 72.8 Å². The molecule has 3 atom stereocenters. The lowest BCUT2D eigenvalue weighted by Gasteiger charge is -2.22. The second-order valence-corrected chi connectivity index (χ2v) is 19.7. The fourth-order valence-electron chi connectivity index (χ4n) is 7.21. The van der Waals surface area contributed by atoms with E-state index in [9.17, 15) is 39.0 Å². The van der Waals surface area contributed by atoms with Crippen LogP contribution in [-0.4, -0.2) is 104 Å². The number of nitrogen functional groups attached to an aromatic ring is 1. The van der Waals surface area contributed by atoms with E-state index < -0.39 is 39.3 Å². The number of para-hydroxylation sites is 5. The maximum Gasteiger partial charge on any atom is 0.407 e. The Bertz CT molecular complexity index is 2100. The summed E-state index contributed by atoms with van der Waals surface area (Å²) < 4.78 is 28.0. The molecule has 3 saturated heterocycles. The topological polar surface area (TPSA) is 246 Å². The van der Waals surface area contributed by atoms with Crippen LogP contribution in [0.4, 0.5) is 47.2 Å². The van der Waals surface area contributed by atoms with Crippen molar-refractivity contribution in [2.24, 2.45) is 17.8 Å². The predicted molar refractivity (Wildman–Crippen MR) is 261 cm³/mol. The fourth-order valence-corrected chi connectivity index (χ4v) is 7.21. The molecule has 0 unspecified atom stereocenters. The van der Waals surface area contributed by atoms with E-state index in [2.05, 4.69) is 26.2 Å². The van der Waals surface area contributed by atoms with Gasteiger partial charge >= 0.3 is 24.0 Å². The van der Waals surface area contributed by atoms with Crippen LogP contribution in [0.2, 0.25) is 0 Å². The lowest BCUT2D eigenvalue weighted by atomic mass is 10.1. The van der Waals surface area contributed by atoms with Crippen molar-refractivity contribution in [3.63, 3.8) is 0 Å². The van der Waals surface area contributed by atoms with Crippen molar-refractivity contribution in [2.75, 3.05) is 74.4 Å². The van der Waals surface area contributed by atoms with E-state index in [4.69, 9.17) is 19.9 Å². The molecule has 376 valence electrons. The van der Waals surface area contributed by atoms with Gasteiger partial charge in [-0.25, -0.2) is 14.4 Å². The smallest absolute Gasteiger partial charge is 0.407 e. The lowest BCUT2D eigenvalue weighted by Crippen LogP contribution is -2.36. The van der Waals surface area contributed by atoms with Crippen molar-refractivity contribution < 1.29 is 42.8 Å². The van der Waals surface area contributed by atoms with Crippen LogP contribution in [0.1, 0.15) is 81.6 Å². The molecule has 3 aliphatic heterocycles. The van der Waals surface area contributed by atoms with E-state index in [1.54, 1.807) is 18.2 Å². The molecule has 3 heterocycles. The molecule has 6 rings (SSSR count). The Balaban J connectivity index is 0.000000251. The molecule has 3 aliphatic rings. The van der Waals surface area contributed by atoms with E-state index in [1.165, 1.54) is 18.2 Å². The maximum atomic E-state index is 12.4. The molecular weight excluding hydrogens is 882 g/mol. The largest absolute Gasteiger partial charge is 0.444 e. The number of halogens is 1. The highest BCUT2D eigenvalue weighted by Crippen LogP contribution is 2.32. The summed E-state index contributed by atoms with van der Waals surface area (Å²) >= 11 is 0. The minimum absolute atomic E-state index is 0.119. The average Bonchev–Trinajstić information content (AvgIpc) is 4.04. The van der Waals surface area contributed by atoms with Crippen molar-refractivity contribution in [3.8, 4) is 0 Å². The van der Waals surface area contributed by atoms with E-state index in [-0.39, 0.29) is 28.7 Å². The first kappa shape index (κ1) is 55.9. The molecule has 6 N–H and O–H groups in total. The number of ether oxygens (including phenoxy) is 3. The van der Waals surface area contributed by atoms with E-state index in [0.29, 0.717) is 43.7 Å². The lowest BCUT2D eigenvalue weighted by molar-refractivity contribution is -0.387. The van der Waals surface area contributed by atoms with Gasteiger partial charge in [0.05, 0.1) is 21.2 Å². The third kappa shape index (κ3) is 21.5. The van der Waals surface area contributed by atoms with Gasteiger partial charge in [-0.05, 0) is 137 Å². The Kier molecular flexibility index (Phi) is 21.5. The van der Waals surface area contributed by atoms with Crippen LogP contribution in [0.25, 0.3) is 0 Å². The summed E-state index contributed by atoms with van der Waals surface area (Å²) in [4.78, 5) is 58.9. The van der Waals surface area contributed by atoms with Crippen molar-refractivity contribution >= 4 is 46.7 Å². The zero-order chi connectivity index (χ0) is 50.7. The SMILES string of the molecule is CC(C)(C)OC(=O)NC[C@@H]1CCN(c2ccccc2N)C1.CC(C)(C)OC(=O)NC[C@@H]1CCN(c2ccccc2[N+](=O)[O-])C1.CC(C)(C)OC(=O)NC[C@@H]1CCNC1.O=[N+]([O-])c1ccccc1F. The number of nitro groups is 2. The van der Waals surface area contributed by atoms with Crippen molar-refractivity contribution in [2.45, 2.75) is 98.4 Å². The van der Waals surface area contributed by atoms with Gasteiger partial charge in [-0.3, -0.25) is 20.2 Å². The maximum absolute atomic E-state index is 12.4. The van der Waals surface area contributed by atoms with Gasteiger partial charge in [0.15, 0.2) is 0 Å². The summed E-state index contributed by atoms with van der Waals surface area (Å²) in [6.45, 7) is 23.8. The zero-order valence-electron chi connectivity index (χ0n) is 41.0. The molecule has 3 aromatic carbocycles. The van der Waals surface area contributed by atoms with E-state index in [1.807, 2.05) is 91.5 Å². The second-order valence-electron chi connectivity index (χ2n) is 19.7. The van der Waals surface area contributed by atoms with Crippen LogP contribution in [0.3, 0.4) is 0 Å². The number of nitrogens with zero attached hydrogens (tertiary/aromatic N) is 4. The van der Waals surface area contributed by atoms with Gasteiger partial charge in [-0.2, -0.15) is 4.39 Å². The summed E-state index contributed by atoms with van der Waals surface area (Å²) in [5, 5.41) is 32.8. The number of amides is 3. The number of rotatable bonds is 10. The first-order valence-corrected chi connectivity index (χ1v) is 22.9. The summed E-state index contributed by atoms with van der Waals surface area (Å²) in [6, 6.07) is 19.6. The summed E-state index contributed by atoms with van der Waals surface area (Å²) in [5.41, 5.74) is 6.79. The molecule has 19 nitrogen and oxygen atoms in total. The Morgan fingerprint density at radius 3 is 1.43 bits per heavy atom. The molecule has 68 heavy (non-hydrogen) atoms. The van der Waals surface area contributed by atoms with Gasteiger partial charge < -0.3 is 51.0 Å². The Morgan fingerprint density at radius 2 is 1.03 bits per heavy atom. The number of nitrogens with two attached hydrogens (primary N) is 1. The van der Waals surface area contributed by atoms with Gasteiger partial charge in [-0.1, -0.05) is 36.4 Å². The molecule has 0 aliphatic carbocycles. The molecule has 20 heteroatoms. The predicted octanol–water partition coefficient (Wildman–Crippen LogP) is 8.42. The minimum Gasteiger partial charge on any atom is -0.444 e. The molecule has 3 amide bonds. The molecule has 0 aromatic heterocycles. The molecule has 3 aromatic rings. The molecular formula is C48H72FN9O10. The number of nitro benzene ring substituents is 2. The average molecular weight is 954 g/mol. The van der Waals surface area contributed by atoms with Crippen molar-refractivity contribution in [3.05, 3.63) is 98.8 Å². The standard InChI is InChI=1S/C16H23N3O4.C16H25N3O2.C10H20N2O2.C6H4FNO2/c1-16(2,3)23-15(20)17-10-12-8-9-18(11-12)13-6-4-5-7-14(13)19(21)22;1-16(2,3)21-15(20)18-10-12-8-9-19(11-12)14-7-5-4-6-13(14)17;1-10(2,3)14-9(13)12-7-8-4-5-11-6-8;7-5-3-1-2-4-6(5)8(9)10/h4-7,12H,8-11H2,1-3H3,(H,17,20);4-7,12H,8-11,17H2,1-3H3,(H,18,20);8,11H,4-7H2,1-3H3,(H,12,13);1-4H/t2*12-;8-;/m001./s1. The minimum atomic E-state index is -0.799. The number of hydrogen-bond acceptors (Lipinski definition) is 14. The quantitative estimate of drug-likeness (QED) is 0.0554. The van der Waals surface area contributed by atoms with Gasteiger partial charge in [0.25, 0.3) is 5.69 Å². The number of hydrogen-bond donors (Lipinski definition) is 5. The monoisotopic (exact) mass is 954 g/mol. The third-order valence-corrected chi connectivity index (χ3v) is 10.3. The van der Waals surface area contributed by atoms with Crippen molar-refractivity contribution in [1.82, 2.24) is 21.3 Å². The fraction of sp³-hybridized carbons (Fsp3) is 0.562. The molecule has 0 spiro atoms.